The quantitative estimate of drug-likeness (QED) is 0.0328. The summed E-state index contributed by atoms with van der Waals surface area (Å²) in [5, 5.41) is 11.5. The number of benzene rings is 4. The Labute approximate surface area is 356 Å². The molecule has 0 spiro atoms. The number of carboxylic acid groups (broad SMARTS) is 1. The Bertz CT molecular complexity index is 2860. The molecule has 0 radical (unpaired) electrons. The second-order valence-electron chi connectivity index (χ2n) is 16.1. The molecule has 0 aromatic heterocycles. The van der Waals surface area contributed by atoms with Gasteiger partial charge in [0.2, 0.25) is 5.69 Å². The lowest BCUT2D eigenvalue weighted by Crippen LogP contribution is -2.32. The Morgan fingerprint density at radius 2 is 1.54 bits per heavy atom. The highest BCUT2D eigenvalue weighted by atomic mass is 32.2. The van der Waals surface area contributed by atoms with Crippen LogP contribution in [0.5, 0.6) is 0 Å². The average Bonchev–Trinajstić information content (AvgIpc) is 3.54. The normalized spacial score (nSPS) is 18.7. The zero-order chi connectivity index (χ0) is 44.5. The number of unbranched alkanes of at least 4 members (excludes halogenated alkanes) is 2. The summed E-state index contributed by atoms with van der Waals surface area (Å²) in [5.74, 6) is -1.28. The van der Waals surface area contributed by atoms with Crippen LogP contribution in [0.2, 0.25) is 0 Å². The number of carbonyl (C=O) groups is 1. The van der Waals surface area contributed by atoms with Crippen molar-refractivity contribution in [3.05, 3.63) is 108 Å². The summed E-state index contributed by atoms with van der Waals surface area (Å²) in [6, 6.07) is 17.3. The summed E-state index contributed by atoms with van der Waals surface area (Å²) >= 11 is 0. The summed E-state index contributed by atoms with van der Waals surface area (Å²) in [7, 11) is -12.4. The smallest absolute Gasteiger partial charge is 0.303 e. The van der Waals surface area contributed by atoms with Crippen molar-refractivity contribution in [3.8, 4) is 0 Å². The third-order valence-corrected chi connectivity index (χ3v) is 14.2. The number of anilines is 1. The number of methoxy groups -OCH3 is 1. The standard InChI is InChI=1S/C44H50N2O12S3/c1-43(2)38(45(24-12-6-9-18-40(47)48)35-22-20-33-34(41(35)43)28-31(60(52,53)54)29-37(33)61(55,56)57)16-7-5-8-17-39-44(3,23-13-27-59(49,50)51)42-32-15-11-10-14-30(32)19-21-36(42)46(39)25-26-58-4/h5,7-8,10-11,14-17,19-22,28-29H,6,9,12-13,18,23-27H2,1-4H3,(H3-,47,48,49,50,51,52,53,54,55,56,57)/p+1. The van der Waals surface area contributed by atoms with Gasteiger partial charge in [0, 0.05) is 60.0 Å². The van der Waals surface area contributed by atoms with Crippen LogP contribution in [-0.4, -0.2) is 92.8 Å². The maximum Gasteiger partial charge on any atom is 0.303 e. The van der Waals surface area contributed by atoms with E-state index in [0.29, 0.717) is 56.6 Å². The Hall–Kier alpha value is -4.75. The first-order valence-electron chi connectivity index (χ1n) is 19.8. The van der Waals surface area contributed by atoms with Crippen LogP contribution < -0.4 is 4.90 Å². The van der Waals surface area contributed by atoms with E-state index in [-0.39, 0.29) is 29.4 Å². The second kappa shape index (κ2) is 17.6. The minimum absolute atomic E-state index is 0.0180. The fourth-order valence-corrected chi connectivity index (χ4v) is 10.9. The van der Waals surface area contributed by atoms with Gasteiger partial charge in [0.05, 0.1) is 16.1 Å². The topological polar surface area (TPSA) is 216 Å². The summed E-state index contributed by atoms with van der Waals surface area (Å²) in [6.45, 7) is 7.27. The van der Waals surface area contributed by atoms with Crippen LogP contribution in [-0.2, 0) is 50.7 Å². The number of fused-ring (bicyclic) bond motifs is 6. The second-order valence-corrected chi connectivity index (χ2v) is 20.5. The molecule has 0 saturated carbocycles. The number of rotatable bonds is 18. The molecule has 2 heterocycles. The summed E-state index contributed by atoms with van der Waals surface area (Å²) < 4.78 is 111. The summed E-state index contributed by atoms with van der Waals surface area (Å²) in [6.07, 6.45) is 11.8. The molecule has 0 bridgehead atoms. The van der Waals surface area contributed by atoms with E-state index in [1.807, 2.05) is 67.3 Å². The molecule has 0 fully saturated rings. The zero-order valence-electron chi connectivity index (χ0n) is 34.4. The van der Waals surface area contributed by atoms with E-state index < -0.39 is 56.9 Å². The first kappa shape index (κ1) is 45.8. The van der Waals surface area contributed by atoms with E-state index in [9.17, 15) is 48.8 Å². The molecule has 0 saturated heterocycles. The van der Waals surface area contributed by atoms with Gasteiger partial charge in [0.15, 0.2) is 12.3 Å². The maximum absolute atomic E-state index is 12.5. The number of hydrogen-bond acceptors (Lipinski definition) is 9. The molecule has 0 aliphatic carbocycles. The average molecular weight is 896 g/mol. The van der Waals surface area contributed by atoms with E-state index in [2.05, 4.69) is 29.7 Å². The van der Waals surface area contributed by atoms with Gasteiger partial charge in [-0.3, -0.25) is 18.5 Å². The Balaban J connectivity index is 1.44. The van der Waals surface area contributed by atoms with E-state index >= 15 is 0 Å². The van der Waals surface area contributed by atoms with Gasteiger partial charge in [0.1, 0.15) is 11.5 Å². The van der Waals surface area contributed by atoms with Crippen molar-refractivity contribution in [3.63, 3.8) is 0 Å². The number of aliphatic carboxylic acids is 1. The van der Waals surface area contributed by atoms with Crippen LogP contribution >= 0.6 is 0 Å². The molecule has 4 aromatic rings. The number of nitrogens with zero attached hydrogens (tertiary/aromatic N) is 2. The molecule has 1 unspecified atom stereocenters. The lowest BCUT2D eigenvalue weighted by molar-refractivity contribution is -0.441. The molecular formula is C44H51N2O12S3+. The predicted molar refractivity (Wildman–Crippen MR) is 235 cm³/mol. The molecule has 4 N–H and O–H groups in total. The third-order valence-electron chi connectivity index (χ3n) is 11.7. The molecule has 1 atom stereocenters. The van der Waals surface area contributed by atoms with Crippen molar-refractivity contribution in [1.82, 2.24) is 0 Å². The van der Waals surface area contributed by atoms with Crippen molar-refractivity contribution < 1.29 is 58.1 Å². The SMILES string of the molecule is COCC[N+]1=C(/C=C/C=C/C=C2/N(CCCCCC(=O)O)c3ccc4c(S(=O)(=O)O)cc(S(=O)(=O)O)cc4c3C2(C)C)C(C)(CCCS(=O)(=O)O)c2c1ccc1ccccc21. The lowest BCUT2D eigenvalue weighted by Gasteiger charge is -2.27. The van der Waals surface area contributed by atoms with Crippen molar-refractivity contribution in [2.75, 3.05) is 37.5 Å². The lowest BCUT2D eigenvalue weighted by atomic mass is 9.74. The van der Waals surface area contributed by atoms with Gasteiger partial charge in [0.25, 0.3) is 30.4 Å². The molecule has 6 rings (SSSR count). The van der Waals surface area contributed by atoms with Gasteiger partial charge in [-0.25, -0.2) is 0 Å². The minimum atomic E-state index is -4.93. The number of carboxylic acids is 1. The molecule has 0 amide bonds. The van der Waals surface area contributed by atoms with Gasteiger partial charge in [-0.05, 0) is 84.7 Å². The van der Waals surface area contributed by atoms with Gasteiger partial charge in [-0.15, -0.1) is 0 Å². The van der Waals surface area contributed by atoms with Gasteiger partial charge in [-0.2, -0.15) is 29.8 Å². The largest absolute Gasteiger partial charge is 0.481 e. The van der Waals surface area contributed by atoms with Crippen molar-refractivity contribution in [2.45, 2.75) is 79.9 Å². The van der Waals surface area contributed by atoms with Crippen molar-refractivity contribution >= 4 is 75.0 Å². The molecule has 14 nitrogen and oxygen atoms in total. The fraction of sp³-hybridized carbons (Fsp3) is 0.364. The monoisotopic (exact) mass is 895 g/mol. The Morgan fingerprint density at radius 3 is 2.21 bits per heavy atom. The number of hydrogen-bond donors (Lipinski definition) is 4. The van der Waals surface area contributed by atoms with Crippen LogP contribution in [0.25, 0.3) is 21.5 Å². The van der Waals surface area contributed by atoms with Gasteiger partial charge < -0.3 is 14.7 Å². The fourth-order valence-electron chi connectivity index (χ4n) is 9.00. The molecular weight excluding hydrogens is 845 g/mol. The van der Waals surface area contributed by atoms with E-state index in [1.54, 1.807) is 13.2 Å². The van der Waals surface area contributed by atoms with Crippen LogP contribution in [0.1, 0.15) is 70.4 Å². The number of allylic oxidation sites excluding steroid dienone is 6. The van der Waals surface area contributed by atoms with Crippen molar-refractivity contribution in [2.24, 2.45) is 0 Å². The van der Waals surface area contributed by atoms with E-state index in [1.165, 1.54) is 12.1 Å². The third kappa shape index (κ3) is 9.52. The molecule has 326 valence electrons. The highest BCUT2D eigenvalue weighted by molar-refractivity contribution is 7.87. The Kier molecular flexibility index (Phi) is 13.2. The van der Waals surface area contributed by atoms with Crippen LogP contribution in [0, 0.1) is 0 Å². The van der Waals surface area contributed by atoms with Crippen LogP contribution in [0.3, 0.4) is 0 Å². The van der Waals surface area contributed by atoms with Gasteiger partial charge >= 0.3 is 5.97 Å². The van der Waals surface area contributed by atoms with E-state index in [0.717, 1.165) is 39.5 Å². The summed E-state index contributed by atoms with van der Waals surface area (Å²) in [5.41, 5.74) is 3.39. The molecule has 2 aliphatic rings. The molecule has 17 heteroatoms. The molecule has 61 heavy (non-hydrogen) atoms. The first-order chi connectivity index (χ1) is 28.6. The zero-order valence-corrected chi connectivity index (χ0v) is 36.9. The van der Waals surface area contributed by atoms with Crippen LogP contribution in [0.4, 0.5) is 11.4 Å². The summed E-state index contributed by atoms with van der Waals surface area (Å²) in [4.78, 5) is 11.9. The van der Waals surface area contributed by atoms with Gasteiger partial charge in [-0.1, -0.05) is 68.8 Å². The molecule has 2 aliphatic heterocycles. The molecule has 4 aromatic carbocycles. The van der Waals surface area contributed by atoms with Crippen molar-refractivity contribution in [1.29, 1.82) is 0 Å². The highest BCUT2D eigenvalue weighted by Crippen LogP contribution is 2.52. The first-order valence-corrected chi connectivity index (χ1v) is 24.3. The number of ether oxygens (including phenoxy) is 1. The minimum Gasteiger partial charge on any atom is -0.481 e. The highest BCUT2D eigenvalue weighted by Gasteiger charge is 2.48. The maximum atomic E-state index is 12.5. The predicted octanol–water partition coefficient (Wildman–Crippen LogP) is 7.60. The van der Waals surface area contributed by atoms with Crippen LogP contribution in [0.15, 0.2) is 107 Å². The Morgan fingerprint density at radius 1 is 0.803 bits per heavy atom. The van der Waals surface area contributed by atoms with E-state index in [4.69, 9.17) is 4.74 Å².